The second kappa shape index (κ2) is 9.29. The quantitative estimate of drug-likeness (QED) is 0.356. The van der Waals surface area contributed by atoms with Crippen molar-refractivity contribution in [3.05, 3.63) is 108 Å². The molecule has 0 saturated heterocycles. The third-order valence-electron chi connectivity index (χ3n) is 5.53. The molecule has 4 heteroatoms. The number of rotatable bonds is 6. The van der Waals surface area contributed by atoms with E-state index < -0.39 is 0 Å². The molecule has 0 heterocycles. The molecule has 0 aliphatic rings. The van der Waals surface area contributed by atoms with Gasteiger partial charge in [-0.1, -0.05) is 93.6 Å². The molecule has 4 aromatic rings. The lowest BCUT2D eigenvalue weighted by molar-refractivity contribution is -0.118. The van der Waals surface area contributed by atoms with Gasteiger partial charge in [0.25, 0.3) is 5.91 Å². The second-order valence-corrected chi connectivity index (χ2v) is 9.05. The summed E-state index contributed by atoms with van der Waals surface area (Å²) in [5.74, 6) is 0.284. The molecule has 1 N–H and O–H groups in total. The number of fused-ring (bicyclic) bond motifs is 1. The van der Waals surface area contributed by atoms with Crippen LogP contribution in [0.4, 0.5) is 5.69 Å². The Morgan fingerprint density at radius 3 is 2.24 bits per heavy atom. The molecule has 0 unspecified atom stereocenters. The van der Waals surface area contributed by atoms with Crippen LogP contribution in [0.2, 0.25) is 0 Å². The number of ketones is 1. The van der Waals surface area contributed by atoms with Crippen molar-refractivity contribution in [2.75, 3.05) is 11.9 Å². The van der Waals surface area contributed by atoms with Crippen LogP contribution in [-0.4, -0.2) is 18.3 Å². The Labute approximate surface area is 194 Å². The maximum absolute atomic E-state index is 12.9. The topological polar surface area (TPSA) is 55.4 Å². The van der Waals surface area contributed by atoms with Crippen LogP contribution < -0.4 is 10.1 Å². The average molecular weight is 438 g/mol. The summed E-state index contributed by atoms with van der Waals surface area (Å²) in [4.78, 5) is 25.4. The summed E-state index contributed by atoms with van der Waals surface area (Å²) < 4.78 is 5.76. The molecular weight excluding hydrogens is 410 g/mol. The molecule has 0 spiro atoms. The van der Waals surface area contributed by atoms with Gasteiger partial charge < -0.3 is 10.1 Å². The van der Waals surface area contributed by atoms with E-state index in [2.05, 4.69) is 26.1 Å². The van der Waals surface area contributed by atoms with Crippen molar-refractivity contribution in [1.82, 2.24) is 0 Å². The summed E-state index contributed by atoms with van der Waals surface area (Å²) >= 11 is 0. The maximum Gasteiger partial charge on any atom is 0.262 e. The van der Waals surface area contributed by atoms with Crippen LogP contribution in [0.15, 0.2) is 91.0 Å². The Kier molecular flexibility index (Phi) is 6.27. The predicted molar refractivity (Wildman–Crippen MR) is 133 cm³/mol. The van der Waals surface area contributed by atoms with Gasteiger partial charge in [0, 0.05) is 22.2 Å². The van der Waals surface area contributed by atoms with Gasteiger partial charge in [-0.25, -0.2) is 0 Å². The van der Waals surface area contributed by atoms with Gasteiger partial charge in [-0.3, -0.25) is 9.59 Å². The minimum absolute atomic E-state index is 0.0277. The Morgan fingerprint density at radius 2 is 1.48 bits per heavy atom. The zero-order valence-electron chi connectivity index (χ0n) is 19.1. The number of amides is 1. The van der Waals surface area contributed by atoms with Crippen molar-refractivity contribution in [1.29, 1.82) is 0 Å². The SMILES string of the molecule is CC(C)(C)c1ccc(C(=O)c2cccc(NC(=O)COc3cccc4ccccc34)c2)cc1. The molecule has 0 bridgehead atoms. The lowest BCUT2D eigenvalue weighted by Crippen LogP contribution is -2.20. The Morgan fingerprint density at radius 1 is 0.788 bits per heavy atom. The first kappa shape index (κ1) is 22.3. The van der Waals surface area contributed by atoms with Crippen molar-refractivity contribution in [3.63, 3.8) is 0 Å². The summed E-state index contributed by atoms with van der Waals surface area (Å²) in [5.41, 5.74) is 2.89. The molecule has 0 aliphatic heterocycles. The van der Waals surface area contributed by atoms with Crippen molar-refractivity contribution < 1.29 is 14.3 Å². The number of nitrogens with one attached hydrogen (secondary N) is 1. The van der Waals surface area contributed by atoms with E-state index in [1.165, 1.54) is 5.56 Å². The molecule has 0 saturated carbocycles. The first-order valence-electron chi connectivity index (χ1n) is 11.0. The minimum atomic E-state index is -0.290. The summed E-state index contributed by atoms with van der Waals surface area (Å²) in [6, 6.07) is 28.3. The Bertz CT molecular complexity index is 1300. The molecule has 0 radical (unpaired) electrons. The Balaban J connectivity index is 1.42. The van der Waals surface area contributed by atoms with Crippen LogP contribution in [-0.2, 0) is 10.2 Å². The molecule has 0 atom stereocenters. The van der Waals surface area contributed by atoms with Crippen LogP contribution in [0, 0.1) is 0 Å². The molecule has 4 nitrogen and oxygen atoms in total. The van der Waals surface area contributed by atoms with E-state index in [-0.39, 0.29) is 23.7 Å². The van der Waals surface area contributed by atoms with E-state index in [1.54, 1.807) is 24.3 Å². The van der Waals surface area contributed by atoms with Crippen LogP contribution >= 0.6 is 0 Å². The highest BCUT2D eigenvalue weighted by molar-refractivity contribution is 6.09. The third-order valence-corrected chi connectivity index (χ3v) is 5.53. The first-order chi connectivity index (χ1) is 15.8. The highest BCUT2D eigenvalue weighted by Crippen LogP contribution is 2.25. The van der Waals surface area contributed by atoms with Gasteiger partial charge in [-0.05, 0) is 34.6 Å². The molecule has 1 amide bonds. The molecule has 0 aliphatic carbocycles. The van der Waals surface area contributed by atoms with Gasteiger partial charge in [-0.2, -0.15) is 0 Å². The van der Waals surface area contributed by atoms with E-state index >= 15 is 0 Å². The monoisotopic (exact) mass is 437 g/mol. The molecule has 4 aromatic carbocycles. The molecule has 0 aromatic heterocycles. The van der Waals surface area contributed by atoms with E-state index in [0.29, 0.717) is 22.6 Å². The second-order valence-electron chi connectivity index (χ2n) is 9.05. The largest absolute Gasteiger partial charge is 0.483 e. The van der Waals surface area contributed by atoms with E-state index in [0.717, 1.165) is 10.8 Å². The predicted octanol–water partition coefficient (Wildman–Crippen LogP) is 6.39. The zero-order valence-corrected chi connectivity index (χ0v) is 19.1. The molecule has 166 valence electrons. The van der Waals surface area contributed by atoms with Gasteiger partial charge in [-0.15, -0.1) is 0 Å². The standard InChI is InChI=1S/C29H27NO3/c1-29(2,3)23-16-14-21(15-17-23)28(32)22-10-6-11-24(18-22)30-27(31)19-33-26-13-7-9-20-8-4-5-12-25(20)26/h4-18H,19H2,1-3H3,(H,30,31). The number of hydrogen-bond acceptors (Lipinski definition) is 3. The fraction of sp³-hybridized carbons (Fsp3) is 0.172. The normalized spacial score (nSPS) is 11.2. The Hall–Kier alpha value is -3.92. The smallest absolute Gasteiger partial charge is 0.262 e. The van der Waals surface area contributed by atoms with E-state index in [4.69, 9.17) is 4.74 Å². The number of benzene rings is 4. The van der Waals surface area contributed by atoms with Crippen LogP contribution in [0.1, 0.15) is 42.3 Å². The van der Waals surface area contributed by atoms with Crippen LogP contribution in [0.5, 0.6) is 5.75 Å². The van der Waals surface area contributed by atoms with Crippen LogP contribution in [0.3, 0.4) is 0 Å². The van der Waals surface area contributed by atoms with Gasteiger partial charge in [0.15, 0.2) is 12.4 Å². The lowest BCUT2D eigenvalue weighted by atomic mass is 9.86. The van der Waals surface area contributed by atoms with Crippen molar-refractivity contribution in [2.45, 2.75) is 26.2 Å². The number of ether oxygens (including phenoxy) is 1. The zero-order chi connectivity index (χ0) is 23.4. The molecule has 4 rings (SSSR count). The van der Waals surface area contributed by atoms with E-state index in [1.807, 2.05) is 66.7 Å². The summed E-state index contributed by atoms with van der Waals surface area (Å²) in [5, 5.41) is 4.83. The van der Waals surface area contributed by atoms with E-state index in [9.17, 15) is 9.59 Å². The van der Waals surface area contributed by atoms with Crippen LogP contribution in [0.25, 0.3) is 10.8 Å². The molecule has 0 fully saturated rings. The van der Waals surface area contributed by atoms with Gasteiger partial charge in [0.1, 0.15) is 5.75 Å². The highest BCUT2D eigenvalue weighted by Gasteiger charge is 2.15. The fourth-order valence-corrected chi connectivity index (χ4v) is 3.69. The fourth-order valence-electron chi connectivity index (χ4n) is 3.69. The van der Waals surface area contributed by atoms with Crippen molar-refractivity contribution in [3.8, 4) is 5.75 Å². The summed E-state index contributed by atoms with van der Waals surface area (Å²) in [6.45, 7) is 6.29. The third kappa shape index (κ3) is 5.29. The summed E-state index contributed by atoms with van der Waals surface area (Å²) in [6.07, 6.45) is 0. The molecular formula is C29H27NO3. The van der Waals surface area contributed by atoms with Crippen molar-refractivity contribution in [2.24, 2.45) is 0 Å². The number of carbonyl (C=O) groups is 2. The van der Waals surface area contributed by atoms with Gasteiger partial charge in [0.05, 0.1) is 0 Å². The first-order valence-corrected chi connectivity index (χ1v) is 11.0. The van der Waals surface area contributed by atoms with Gasteiger partial charge in [0.2, 0.25) is 0 Å². The highest BCUT2D eigenvalue weighted by atomic mass is 16.5. The number of carbonyl (C=O) groups excluding carboxylic acids is 2. The average Bonchev–Trinajstić information content (AvgIpc) is 2.82. The van der Waals surface area contributed by atoms with Crippen molar-refractivity contribution >= 4 is 28.2 Å². The number of hydrogen-bond donors (Lipinski definition) is 1. The summed E-state index contributed by atoms with van der Waals surface area (Å²) in [7, 11) is 0. The maximum atomic E-state index is 12.9. The molecule has 33 heavy (non-hydrogen) atoms. The lowest BCUT2D eigenvalue weighted by Gasteiger charge is -2.19. The minimum Gasteiger partial charge on any atom is -0.483 e. The number of anilines is 1. The van der Waals surface area contributed by atoms with Gasteiger partial charge >= 0.3 is 0 Å².